The molecular formula is C13H18O9. The van der Waals surface area contributed by atoms with Crippen LogP contribution in [0, 0.1) is 0 Å². The summed E-state index contributed by atoms with van der Waals surface area (Å²) >= 11 is 0. The van der Waals surface area contributed by atoms with E-state index in [4.69, 9.17) is 28.4 Å². The lowest BCUT2D eigenvalue weighted by Crippen LogP contribution is -2.58. The van der Waals surface area contributed by atoms with Crippen LogP contribution in [0.25, 0.3) is 0 Å². The van der Waals surface area contributed by atoms with E-state index in [0.29, 0.717) is 0 Å². The number of hydrogen-bond donors (Lipinski definition) is 0. The lowest BCUT2D eigenvalue weighted by Gasteiger charge is -2.38. The van der Waals surface area contributed by atoms with Crippen LogP contribution in [-0.2, 0) is 42.8 Å². The molecule has 0 aliphatic carbocycles. The second-order valence-electron chi connectivity index (χ2n) is 4.93. The van der Waals surface area contributed by atoms with Crippen LogP contribution in [0.2, 0.25) is 0 Å². The van der Waals surface area contributed by atoms with Gasteiger partial charge in [-0.15, -0.1) is 0 Å². The molecule has 1 unspecified atom stereocenters. The highest BCUT2D eigenvalue weighted by Crippen LogP contribution is 2.37. The van der Waals surface area contributed by atoms with Crippen molar-refractivity contribution in [2.24, 2.45) is 0 Å². The second-order valence-corrected chi connectivity index (χ2v) is 4.93. The van der Waals surface area contributed by atoms with E-state index in [1.165, 1.54) is 27.9 Å². The molecular weight excluding hydrogens is 300 g/mol. The normalized spacial score (nSPS) is 36.5. The fraction of sp³-hybridized carbons (Fsp3) is 0.769. The predicted octanol–water partition coefficient (Wildman–Crippen LogP) is -0.491. The Bertz CT molecular complexity index is 462. The van der Waals surface area contributed by atoms with Gasteiger partial charge in [0, 0.05) is 27.9 Å². The molecule has 124 valence electrons. The van der Waals surface area contributed by atoms with Crippen molar-refractivity contribution in [2.75, 3.05) is 7.11 Å². The predicted molar refractivity (Wildman–Crippen MR) is 67.2 cm³/mol. The number of rotatable bonds is 4. The highest BCUT2D eigenvalue weighted by atomic mass is 16.8. The summed E-state index contributed by atoms with van der Waals surface area (Å²) < 4.78 is 31.6. The Morgan fingerprint density at radius 2 is 1.27 bits per heavy atom. The highest BCUT2D eigenvalue weighted by Gasteiger charge is 2.60. The minimum Gasteiger partial charge on any atom is -0.455 e. The number of carbonyl (C=O) groups excluding carboxylic acids is 3. The smallest absolute Gasteiger partial charge is 0.303 e. The molecule has 0 aromatic rings. The second kappa shape index (κ2) is 6.59. The SMILES string of the molecule is COC1O[C@H]2O[C@H]1[C@@H](OC(C)=O)[C@H](OC(C)=O)[C@H]2OC(C)=O. The van der Waals surface area contributed by atoms with Gasteiger partial charge in [0.1, 0.15) is 0 Å². The van der Waals surface area contributed by atoms with E-state index in [-0.39, 0.29) is 0 Å². The van der Waals surface area contributed by atoms with Crippen LogP contribution in [0.15, 0.2) is 0 Å². The Labute approximate surface area is 126 Å². The summed E-state index contributed by atoms with van der Waals surface area (Å²) in [6.07, 6.45) is -5.75. The first-order chi connectivity index (χ1) is 10.3. The first-order valence-electron chi connectivity index (χ1n) is 6.69. The van der Waals surface area contributed by atoms with E-state index in [1.807, 2.05) is 0 Å². The lowest BCUT2D eigenvalue weighted by molar-refractivity contribution is -0.250. The van der Waals surface area contributed by atoms with Crippen molar-refractivity contribution in [3.8, 4) is 0 Å². The molecule has 2 saturated heterocycles. The maximum Gasteiger partial charge on any atom is 0.303 e. The van der Waals surface area contributed by atoms with Gasteiger partial charge in [0.05, 0.1) is 0 Å². The maximum atomic E-state index is 11.3. The molecule has 22 heavy (non-hydrogen) atoms. The van der Waals surface area contributed by atoms with Crippen molar-refractivity contribution >= 4 is 17.9 Å². The van der Waals surface area contributed by atoms with E-state index < -0.39 is 54.9 Å². The number of hydrogen-bond acceptors (Lipinski definition) is 9. The van der Waals surface area contributed by atoms with Gasteiger partial charge in [-0.1, -0.05) is 0 Å². The fourth-order valence-electron chi connectivity index (χ4n) is 2.53. The number of fused-ring (bicyclic) bond motifs is 2. The van der Waals surface area contributed by atoms with Crippen LogP contribution in [0.1, 0.15) is 20.8 Å². The summed E-state index contributed by atoms with van der Waals surface area (Å²) in [6, 6.07) is 0. The Morgan fingerprint density at radius 1 is 0.773 bits per heavy atom. The van der Waals surface area contributed by atoms with Crippen LogP contribution < -0.4 is 0 Å². The summed E-state index contributed by atoms with van der Waals surface area (Å²) in [5.41, 5.74) is 0. The molecule has 9 nitrogen and oxygen atoms in total. The topological polar surface area (TPSA) is 107 Å². The number of methoxy groups -OCH3 is 1. The number of carbonyl (C=O) groups is 3. The molecule has 2 aliphatic heterocycles. The number of ether oxygens (including phenoxy) is 6. The fourth-order valence-corrected chi connectivity index (χ4v) is 2.53. The van der Waals surface area contributed by atoms with Gasteiger partial charge >= 0.3 is 17.9 Å². The van der Waals surface area contributed by atoms with Crippen LogP contribution in [0.4, 0.5) is 0 Å². The highest BCUT2D eigenvalue weighted by molar-refractivity contribution is 5.68. The Kier molecular flexibility index (Phi) is 4.99. The van der Waals surface area contributed by atoms with Crippen molar-refractivity contribution in [1.29, 1.82) is 0 Å². The minimum absolute atomic E-state index is 0.604. The van der Waals surface area contributed by atoms with Crippen LogP contribution in [0.3, 0.4) is 0 Å². The third-order valence-electron chi connectivity index (χ3n) is 3.21. The van der Waals surface area contributed by atoms with Crippen molar-refractivity contribution < 1.29 is 42.8 Å². The molecule has 2 rings (SSSR count). The summed E-state index contributed by atoms with van der Waals surface area (Å²) in [6.45, 7) is 3.59. The maximum absolute atomic E-state index is 11.3. The molecule has 2 heterocycles. The Hall–Kier alpha value is -1.71. The van der Waals surface area contributed by atoms with E-state index in [0.717, 1.165) is 0 Å². The van der Waals surface area contributed by atoms with Gasteiger partial charge in [0.2, 0.25) is 6.29 Å². The van der Waals surface area contributed by atoms with E-state index in [9.17, 15) is 14.4 Å². The van der Waals surface area contributed by atoms with Crippen LogP contribution >= 0.6 is 0 Å². The van der Waals surface area contributed by atoms with Crippen LogP contribution in [0.5, 0.6) is 0 Å². The first-order valence-corrected chi connectivity index (χ1v) is 6.69. The molecule has 0 amide bonds. The van der Waals surface area contributed by atoms with Crippen molar-refractivity contribution in [2.45, 2.75) is 57.8 Å². The van der Waals surface area contributed by atoms with Gasteiger partial charge in [0.15, 0.2) is 30.7 Å². The summed E-state index contributed by atoms with van der Waals surface area (Å²) in [7, 11) is 1.39. The molecule has 0 N–H and O–H groups in total. The largest absolute Gasteiger partial charge is 0.455 e. The van der Waals surface area contributed by atoms with Crippen molar-refractivity contribution in [3.05, 3.63) is 0 Å². The van der Waals surface area contributed by atoms with E-state index in [2.05, 4.69) is 0 Å². The zero-order valence-corrected chi connectivity index (χ0v) is 12.6. The summed E-state index contributed by atoms with van der Waals surface area (Å²) in [5.74, 6) is -1.84. The molecule has 9 heteroatoms. The zero-order chi connectivity index (χ0) is 16.4. The third kappa shape index (κ3) is 3.37. The third-order valence-corrected chi connectivity index (χ3v) is 3.21. The van der Waals surface area contributed by atoms with Gasteiger partial charge in [-0.25, -0.2) is 0 Å². The number of esters is 3. The van der Waals surface area contributed by atoms with E-state index in [1.54, 1.807) is 0 Å². The molecule has 0 radical (unpaired) electrons. The van der Waals surface area contributed by atoms with Gasteiger partial charge in [0.25, 0.3) is 0 Å². The Balaban J connectivity index is 2.32. The summed E-state index contributed by atoms with van der Waals surface area (Å²) in [4.78, 5) is 34.0. The van der Waals surface area contributed by atoms with Gasteiger partial charge < -0.3 is 28.4 Å². The van der Waals surface area contributed by atoms with E-state index >= 15 is 0 Å². The monoisotopic (exact) mass is 318 g/mol. The molecule has 6 atom stereocenters. The van der Waals surface area contributed by atoms with Gasteiger partial charge in [-0.3, -0.25) is 14.4 Å². The van der Waals surface area contributed by atoms with Gasteiger partial charge in [-0.2, -0.15) is 0 Å². The van der Waals surface area contributed by atoms with Crippen molar-refractivity contribution in [3.63, 3.8) is 0 Å². The zero-order valence-electron chi connectivity index (χ0n) is 12.6. The quantitative estimate of drug-likeness (QED) is 0.501. The molecule has 0 aromatic heterocycles. The average molecular weight is 318 g/mol. The van der Waals surface area contributed by atoms with Gasteiger partial charge in [-0.05, 0) is 0 Å². The molecule has 2 aliphatic rings. The molecule has 0 aromatic carbocycles. The average Bonchev–Trinajstić information content (AvgIpc) is 2.78. The molecule has 2 fully saturated rings. The molecule has 2 bridgehead atoms. The molecule has 0 spiro atoms. The van der Waals surface area contributed by atoms with Crippen molar-refractivity contribution in [1.82, 2.24) is 0 Å². The first kappa shape index (κ1) is 16.7. The molecule has 0 saturated carbocycles. The summed E-state index contributed by atoms with van der Waals surface area (Å²) in [5, 5.41) is 0. The Morgan fingerprint density at radius 3 is 1.77 bits per heavy atom. The van der Waals surface area contributed by atoms with Crippen LogP contribution in [-0.4, -0.2) is 62.0 Å². The standard InChI is InChI=1S/C13H18O9/c1-5(14)18-8-9(19-6(2)15)11(20-7(3)16)13-21-10(8)12(17-4)22-13/h8-13H,1-4H3/t8-,9-,10-,11+,12?,13+/m0/s1. The minimum atomic E-state index is -1.07. The lowest BCUT2D eigenvalue weighted by atomic mass is 9.99.